The molecule has 2 nitrogen and oxygen atoms in total. The van der Waals surface area contributed by atoms with Crippen LogP contribution in [0, 0.1) is 6.92 Å². The number of halogens is 1. The van der Waals surface area contributed by atoms with Gasteiger partial charge in [0.25, 0.3) is 0 Å². The van der Waals surface area contributed by atoms with E-state index in [4.69, 9.17) is 0 Å². The molecule has 0 spiro atoms. The Hall–Kier alpha value is -1.49. The fraction of sp³-hybridized carbons (Fsp3) is 0.125. The first-order chi connectivity index (χ1) is 9.16. The minimum absolute atomic E-state index is 1.17. The average Bonchev–Trinajstić information content (AvgIpc) is 2.46. The van der Waals surface area contributed by atoms with Crippen molar-refractivity contribution in [2.45, 2.75) is 6.92 Å². The smallest absolute Gasteiger partial charge is 0.0640 e. The molecule has 2 aromatic rings. The van der Waals surface area contributed by atoms with Gasteiger partial charge in [-0.15, -0.1) is 0 Å². The van der Waals surface area contributed by atoms with Crippen LogP contribution in [0.15, 0.2) is 67.0 Å². The highest BCUT2D eigenvalue weighted by atomic mass is 127. The SMILES string of the molecule is Cc1ccc(N(I)/C=C\N(C)c2ccccc2)cc1. The quantitative estimate of drug-likeness (QED) is 0.570. The Bertz CT molecular complexity index is 534. The first-order valence-corrected chi connectivity index (χ1v) is 7.11. The molecule has 0 unspecified atom stereocenters. The van der Waals surface area contributed by atoms with Crippen LogP contribution in [-0.4, -0.2) is 7.05 Å². The highest BCUT2D eigenvalue weighted by molar-refractivity contribution is 14.1. The molecule has 0 saturated carbocycles. The Balaban J connectivity index is 2.04. The number of anilines is 2. The van der Waals surface area contributed by atoms with Gasteiger partial charge in [-0.1, -0.05) is 35.9 Å². The Morgan fingerprint density at radius 3 is 2.11 bits per heavy atom. The highest BCUT2D eigenvalue weighted by Gasteiger charge is 1.99. The van der Waals surface area contributed by atoms with Crippen LogP contribution in [-0.2, 0) is 0 Å². The number of hydrogen-bond acceptors (Lipinski definition) is 2. The number of hydrogen-bond donors (Lipinski definition) is 0. The fourth-order valence-corrected chi connectivity index (χ4v) is 2.15. The number of rotatable bonds is 4. The molecule has 3 heteroatoms. The Morgan fingerprint density at radius 2 is 1.47 bits per heavy atom. The van der Waals surface area contributed by atoms with E-state index in [1.165, 1.54) is 16.9 Å². The second-order valence-electron chi connectivity index (χ2n) is 4.39. The largest absolute Gasteiger partial charge is 0.350 e. The first kappa shape index (κ1) is 13.9. The summed E-state index contributed by atoms with van der Waals surface area (Å²) in [5.74, 6) is 0. The number of nitrogens with zero attached hydrogens (tertiary/aromatic N) is 2. The van der Waals surface area contributed by atoms with E-state index in [2.05, 4.69) is 86.6 Å². The normalized spacial score (nSPS) is 10.7. The third kappa shape index (κ3) is 3.99. The van der Waals surface area contributed by atoms with E-state index in [-0.39, 0.29) is 0 Å². The van der Waals surface area contributed by atoms with Crippen LogP contribution >= 0.6 is 22.9 Å². The highest BCUT2D eigenvalue weighted by Crippen LogP contribution is 2.20. The molecule has 98 valence electrons. The van der Waals surface area contributed by atoms with Gasteiger partial charge in [0.2, 0.25) is 0 Å². The molecule has 0 N–H and O–H groups in total. The minimum Gasteiger partial charge on any atom is -0.350 e. The zero-order valence-electron chi connectivity index (χ0n) is 11.1. The molecule has 0 aromatic heterocycles. The van der Waals surface area contributed by atoms with E-state index in [0.29, 0.717) is 0 Å². The predicted molar refractivity (Wildman–Crippen MR) is 91.7 cm³/mol. The van der Waals surface area contributed by atoms with Crippen molar-refractivity contribution < 1.29 is 0 Å². The summed E-state index contributed by atoms with van der Waals surface area (Å²) in [5, 5.41) is 0. The van der Waals surface area contributed by atoms with Crippen molar-refractivity contribution in [3.63, 3.8) is 0 Å². The molecule has 0 saturated heterocycles. The topological polar surface area (TPSA) is 6.48 Å². The summed E-state index contributed by atoms with van der Waals surface area (Å²) in [6.45, 7) is 2.10. The average molecular weight is 364 g/mol. The van der Waals surface area contributed by atoms with Gasteiger partial charge in [-0.25, -0.2) is 0 Å². The molecule has 19 heavy (non-hydrogen) atoms. The summed E-state index contributed by atoms with van der Waals surface area (Å²) in [5.41, 5.74) is 3.62. The van der Waals surface area contributed by atoms with E-state index >= 15 is 0 Å². The van der Waals surface area contributed by atoms with Crippen LogP contribution in [0.5, 0.6) is 0 Å². The van der Waals surface area contributed by atoms with Crippen molar-refractivity contribution in [2.24, 2.45) is 0 Å². The summed E-state index contributed by atoms with van der Waals surface area (Å²) < 4.78 is 2.08. The van der Waals surface area contributed by atoms with Crippen LogP contribution in [0.25, 0.3) is 0 Å². The predicted octanol–water partition coefficient (Wildman–Crippen LogP) is 4.76. The summed E-state index contributed by atoms with van der Waals surface area (Å²) in [6, 6.07) is 18.8. The minimum atomic E-state index is 1.17. The lowest BCUT2D eigenvalue weighted by atomic mass is 10.2. The lowest BCUT2D eigenvalue weighted by molar-refractivity contribution is 1.19. The Labute approximate surface area is 128 Å². The van der Waals surface area contributed by atoms with E-state index in [1.807, 2.05) is 25.2 Å². The Morgan fingerprint density at radius 1 is 0.842 bits per heavy atom. The molecule has 0 fully saturated rings. The maximum Gasteiger partial charge on any atom is 0.0640 e. The molecule has 2 aromatic carbocycles. The van der Waals surface area contributed by atoms with Crippen molar-refractivity contribution in [2.75, 3.05) is 15.1 Å². The molecule has 0 aliphatic carbocycles. The van der Waals surface area contributed by atoms with Gasteiger partial charge < -0.3 is 4.90 Å². The van der Waals surface area contributed by atoms with Crippen molar-refractivity contribution in [1.82, 2.24) is 0 Å². The fourth-order valence-electron chi connectivity index (χ4n) is 1.68. The van der Waals surface area contributed by atoms with Crippen LogP contribution in [0.3, 0.4) is 0 Å². The van der Waals surface area contributed by atoms with Crippen molar-refractivity contribution in [3.8, 4) is 0 Å². The Kier molecular flexibility index (Phi) is 4.85. The summed E-state index contributed by atoms with van der Waals surface area (Å²) in [4.78, 5) is 2.10. The van der Waals surface area contributed by atoms with Crippen LogP contribution in [0.1, 0.15) is 5.56 Å². The zero-order valence-corrected chi connectivity index (χ0v) is 13.3. The van der Waals surface area contributed by atoms with Gasteiger partial charge >= 0.3 is 0 Å². The summed E-state index contributed by atoms with van der Waals surface area (Å²) in [6.07, 6.45) is 4.11. The van der Waals surface area contributed by atoms with E-state index in [0.717, 1.165) is 0 Å². The van der Waals surface area contributed by atoms with Gasteiger partial charge in [-0.2, -0.15) is 0 Å². The molecule has 0 bridgehead atoms. The standard InChI is InChI=1S/C16H17IN2/c1-14-8-10-16(11-9-14)19(17)13-12-18(2)15-6-4-3-5-7-15/h3-13H,1-2H3/b13-12-. The van der Waals surface area contributed by atoms with Gasteiger partial charge in [0.1, 0.15) is 0 Å². The number of para-hydroxylation sites is 1. The van der Waals surface area contributed by atoms with Gasteiger partial charge in [-0.05, 0) is 31.2 Å². The third-order valence-corrected chi connectivity index (χ3v) is 3.74. The van der Waals surface area contributed by atoms with Gasteiger partial charge in [-0.3, -0.25) is 3.11 Å². The third-order valence-electron chi connectivity index (χ3n) is 2.87. The molecular formula is C16H17IN2. The number of aryl methyl sites for hydroxylation is 1. The molecule has 0 aliphatic rings. The second-order valence-corrected chi connectivity index (χ2v) is 5.43. The van der Waals surface area contributed by atoms with E-state index in [9.17, 15) is 0 Å². The molecule has 0 aliphatic heterocycles. The number of benzene rings is 2. The summed E-state index contributed by atoms with van der Waals surface area (Å²) in [7, 11) is 2.05. The van der Waals surface area contributed by atoms with Crippen molar-refractivity contribution in [1.29, 1.82) is 0 Å². The molecule has 0 atom stereocenters. The monoisotopic (exact) mass is 364 g/mol. The lowest BCUT2D eigenvalue weighted by Gasteiger charge is -2.16. The van der Waals surface area contributed by atoms with Crippen LogP contribution in [0.2, 0.25) is 0 Å². The zero-order chi connectivity index (χ0) is 13.7. The molecule has 0 amide bonds. The van der Waals surface area contributed by atoms with Crippen LogP contribution in [0.4, 0.5) is 11.4 Å². The first-order valence-electron chi connectivity index (χ1n) is 6.15. The van der Waals surface area contributed by atoms with Gasteiger partial charge in [0.05, 0.1) is 28.6 Å². The van der Waals surface area contributed by atoms with Gasteiger partial charge in [0, 0.05) is 25.1 Å². The molecule has 0 heterocycles. The molecule has 2 rings (SSSR count). The van der Waals surface area contributed by atoms with Crippen molar-refractivity contribution in [3.05, 3.63) is 72.6 Å². The molecule has 0 radical (unpaired) electrons. The maximum atomic E-state index is 2.29. The van der Waals surface area contributed by atoms with Gasteiger partial charge in [0.15, 0.2) is 0 Å². The van der Waals surface area contributed by atoms with Crippen LogP contribution < -0.4 is 8.01 Å². The van der Waals surface area contributed by atoms with E-state index < -0.39 is 0 Å². The van der Waals surface area contributed by atoms with E-state index in [1.54, 1.807) is 0 Å². The lowest BCUT2D eigenvalue weighted by Crippen LogP contribution is -2.10. The second kappa shape index (κ2) is 6.61. The molecular weight excluding hydrogens is 347 g/mol. The maximum absolute atomic E-state index is 2.29. The summed E-state index contributed by atoms with van der Waals surface area (Å²) >= 11 is 2.29. The van der Waals surface area contributed by atoms with Crippen molar-refractivity contribution >= 4 is 34.2 Å².